The topological polar surface area (TPSA) is 68.0 Å². The minimum Gasteiger partial charge on any atom is -0.412 e. The number of hydrogen-bond acceptors (Lipinski definition) is 4. The Morgan fingerprint density at radius 1 is 1.09 bits per heavy atom. The van der Waals surface area contributed by atoms with Crippen LogP contribution >= 0.6 is 0 Å². The smallest absolute Gasteiger partial charge is 0.309 e. The second kappa shape index (κ2) is 6.39. The summed E-state index contributed by atoms with van der Waals surface area (Å²) in [5.41, 5.74) is 2.64. The molecule has 0 fully saturated rings. The van der Waals surface area contributed by atoms with Gasteiger partial charge >= 0.3 is 11.8 Å². The van der Waals surface area contributed by atoms with E-state index in [0.29, 0.717) is 0 Å². The Morgan fingerprint density at radius 2 is 1.78 bits per heavy atom. The van der Waals surface area contributed by atoms with E-state index < -0.39 is 5.91 Å². The van der Waals surface area contributed by atoms with Gasteiger partial charge in [0.25, 0.3) is 0 Å². The number of amides is 1. The van der Waals surface area contributed by atoms with Crippen molar-refractivity contribution < 1.29 is 13.6 Å². The summed E-state index contributed by atoms with van der Waals surface area (Å²) in [5, 5.41) is 10.3. The molecule has 0 radical (unpaired) electrons. The Labute approximate surface area is 132 Å². The standard InChI is InChI=1S/C17H14FN3O2/c1-11-2-6-13(7-3-11)16-20-21-17(23-16)15(22)19-10-12-4-8-14(18)9-5-12/h2-9H,10H2,1H3,(H,19,22). The average Bonchev–Trinajstić information content (AvgIpc) is 3.05. The van der Waals surface area contributed by atoms with Crippen LogP contribution in [0, 0.1) is 12.7 Å². The molecule has 2 aromatic carbocycles. The van der Waals surface area contributed by atoms with Gasteiger partial charge < -0.3 is 9.73 Å². The predicted octanol–water partition coefficient (Wildman–Crippen LogP) is 3.11. The number of carbonyl (C=O) groups is 1. The van der Waals surface area contributed by atoms with Crippen molar-refractivity contribution in [1.29, 1.82) is 0 Å². The Balaban J connectivity index is 1.66. The van der Waals surface area contributed by atoms with Crippen molar-refractivity contribution in [2.24, 2.45) is 0 Å². The summed E-state index contributed by atoms with van der Waals surface area (Å²) < 4.78 is 18.2. The maximum absolute atomic E-state index is 12.8. The lowest BCUT2D eigenvalue weighted by Crippen LogP contribution is -2.23. The van der Waals surface area contributed by atoms with Crippen molar-refractivity contribution >= 4 is 5.91 Å². The van der Waals surface area contributed by atoms with Gasteiger partial charge in [-0.3, -0.25) is 4.79 Å². The van der Waals surface area contributed by atoms with E-state index in [0.717, 1.165) is 16.7 Å². The third-order valence-corrected chi connectivity index (χ3v) is 3.28. The molecule has 1 amide bonds. The van der Waals surface area contributed by atoms with Gasteiger partial charge in [-0.25, -0.2) is 4.39 Å². The lowest BCUT2D eigenvalue weighted by molar-refractivity contribution is 0.0917. The predicted molar refractivity (Wildman–Crippen MR) is 82.0 cm³/mol. The second-order valence-electron chi connectivity index (χ2n) is 5.09. The van der Waals surface area contributed by atoms with E-state index in [2.05, 4.69) is 15.5 Å². The molecule has 23 heavy (non-hydrogen) atoms. The Morgan fingerprint density at radius 3 is 2.48 bits per heavy atom. The Bertz CT molecular complexity index is 811. The van der Waals surface area contributed by atoms with Gasteiger partial charge in [-0.2, -0.15) is 0 Å². The molecule has 6 heteroatoms. The summed E-state index contributed by atoms with van der Waals surface area (Å²) in [4.78, 5) is 12.0. The number of hydrogen-bond donors (Lipinski definition) is 1. The maximum atomic E-state index is 12.8. The van der Waals surface area contributed by atoms with Crippen molar-refractivity contribution in [2.45, 2.75) is 13.5 Å². The quantitative estimate of drug-likeness (QED) is 0.804. The summed E-state index contributed by atoms with van der Waals surface area (Å²) >= 11 is 0. The number of aryl methyl sites for hydroxylation is 1. The number of aromatic nitrogens is 2. The molecule has 1 aromatic heterocycles. The summed E-state index contributed by atoms with van der Waals surface area (Å²) in [6.45, 7) is 2.23. The molecule has 0 aliphatic carbocycles. The minimum atomic E-state index is -0.472. The Kier molecular flexibility index (Phi) is 4.14. The number of halogens is 1. The highest BCUT2D eigenvalue weighted by Crippen LogP contribution is 2.18. The zero-order valence-electron chi connectivity index (χ0n) is 12.4. The van der Waals surface area contributed by atoms with Crippen molar-refractivity contribution in [3.05, 3.63) is 71.4 Å². The number of carbonyl (C=O) groups excluding carboxylic acids is 1. The molecule has 0 saturated carbocycles. The van der Waals surface area contributed by atoms with E-state index >= 15 is 0 Å². The number of nitrogens with one attached hydrogen (secondary N) is 1. The van der Waals surface area contributed by atoms with Crippen LogP contribution < -0.4 is 5.32 Å². The monoisotopic (exact) mass is 311 g/mol. The minimum absolute atomic E-state index is 0.109. The van der Waals surface area contributed by atoms with Gasteiger partial charge in [-0.15, -0.1) is 10.2 Å². The van der Waals surface area contributed by atoms with Crippen LogP contribution in [0.15, 0.2) is 52.9 Å². The zero-order chi connectivity index (χ0) is 16.2. The number of rotatable bonds is 4. The van der Waals surface area contributed by atoms with E-state index in [9.17, 15) is 9.18 Å². The number of nitrogens with zero attached hydrogens (tertiary/aromatic N) is 2. The molecule has 3 aromatic rings. The van der Waals surface area contributed by atoms with Gasteiger partial charge in [0.1, 0.15) is 5.82 Å². The zero-order valence-corrected chi connectivity index (χ0v) is 12.4. The van der Waals surface area contributed by atoms with Crippen molar-refractivity contribution in [3.8, 4) is 11.5 Å². The summed E-state index contributed by atoms with van der Waals surface area (Å²) in [5.74, 6) is -0.612. The van der Waals surface area contributed by atoms with Crippen LogP contribution in [-0.4, -0.2) is 16.1 Å². The number of benzene rings is 2. The van der Waals surface area contributed by atoms with Gasteiger partial charge in [-0.05, 0) is 36.8 Å². The van der Waals surface area contributed by atoms with E-state index in [-0.39, 0.29) is 24.1 Å². The van der Waals surface area contributed by atoms with Crippen LogP contribution in [0.4, 0.5) is 4.39 Å². The first kappa shape index (κ1) is 14.9. The second-order valence-corrected chi connectivity index (χ2v) is 5.09. The molecular weight excluding hydrogens is 297 g/mol. The lowest BCUT2D eigenvalue weighted by atomic mass is 10.1. The van der Waals surface area contributed by atoms with Crippen LogP contribution in [0.2, 0.25) is 0 Å². The fourth-order valence-corrected chi connectivity index (χ4v) is 1.99. The Hall–Kier alpha value is -3.02. The molecule has 0 aliphatic heterocycles. The van der Waals surface area contributed by atoms with Gasteiger partial charge in [0.15, 0.2) is 0 Å². The van der Waals surface area contributed by atoms with Crippen LogP contribution in [0.5, 0.6) is 0 Å². The summed E-state index contributed by atoms with van der Waals surface area (Å²) in [6, 6.07) is 13.4. The van der Waals surface area contributed by atoms with Crippen LogP contribution in [0.1, 0.15) is 21.8 Å². The molecule has 0 spiro atoms. The normalized spacial score (nSPS) is 10.5. The fourth-order valence-electron chi connectivity index (χ4n) is 1.99. The molecule has 1 N–H and O–H groups in total. The third kappa shape index (κ3) is 3.60. The van der Waals surface area contributed by atoms with Crippen LogP contribution in [0.3, 0.4) is 0 Å². The first-order valence-electron chi connectivity index (χ1n) is 7.05. The molecule has 5 nitrogen and oxygen atoms in total. The van der Waals surface area contributed by atoms with Crippen molar-refractivity contribution in [1.82, 2.24) is 15.5 Å². The van der Waals surface area contributed by atoms with Crippen molar-refractivity contribution in [3.63, 3.8) is 0 Å². The maximum Gasteiger partial charge on any atom is 0.309 e. The fraction of sp³-hybridized carbons (Fsp3) is 0.118. The molecule has 0 aliphatic rings. The molecule has 0 bridgehead atoms. The highest BCUT2D eigenvalue weighted by Gasteiger charge is 2.15. The highest BCUT2D eigenvalue weighted by atomic mass is 19.1. The van der Waals surface area contributed by atoms with Gasteiger partial charge in [-0.1, -0.05) is 29.8 Å². The van der Waals surface area contributed by atoms with Gasteiger partial charge in [0.2, 0.25) is 5.89 Å². The first-order valence-corrected chi connectivity index (χ1v) is 7.05. The van der Waals surface area contributed by atoms with Gasteiger partial charge in [0.05, 0.1) is 0 Å². The molecule has 0 atom stereocenters. The summed E-state index contributed by atoms with van der Waals surface area (Å²) in [6.07, 6.45) is 0. The largest absolute Gasteiger partial charge is 0.412 e. The summed E-state index contributed by atoms with van der Waals surface area (Å²) in [7, 11) is 0. The molecule has 1 heterocycles. The van der Waals surface area contributed by atoms with E-state index in [1.165, 1.54) is 12.1 Å². The SMILES string of the molecule is Cc1ccc(-c2nnc(C(=O)NCc3ccc(F)cc3)o2)cc1. The van der Waals surface area contributed by atoms with Crippen molar-refractivity contribution in [2.75, 3.05) is 0 Å². The molecule has 116 valence electrons. The van der Waals surface area contributed by atoms with Gasteiger partial charge in [0, 0.05) is 12.1 Å². The lowest BCUT2D eigenvalue weighted by Gasteiger charge is -2.02. The molecule has 3 rings (SSSR count). The van der Waals surface area contributed by atoms with E-state index in [1.807, 2.05) is 31.2 Å². The van der Waals surface area contributed by atoms with Crippen LogP contribution in [-0.2, 0) is 6.54 Å². The van der Waals surface area contributed by atoms with Crippen LogP contribution in [0.25, 0.3) is 11.5 Å². The average molecular weight is 311 g/mol. The third-order valence-electron chi connectivity index (χ3n) is 3.28. The van der Waals surface area contributed by atoms with E-state index in [4.69, 9.17) is 4.42 Å². The molecule has 0 unspecified atom stereocenters. The van der Waals surface area contributed by atoms with E-state index in [1.54, 1.807) is 12.1 Å². The highest BCUT2D eigenvalue weighted by molar-refractivity contribution is 5.89. The first-order chi connectivity index (χ1) is 11.1. The molecular formula is C17H14FN3O2. The molecule has 0 saturated heterocycles.